The van der Waals surface area contributed by atoms with E-state index in [0.717, 1.165) is 6.42 Å². The summed E-state index contributed by atoms with van der Waals surface area (Å²) in [5.41, 5.74) is 6.58. The average Bonchev–Trinajstić information content (AvgIpc) is 2.43. The maximum Gasteiger partial charge on any atom is -0.0151 e. The summed E-state index contributed by atoms with van der Waals surface area (Å²) in [6.45, 7) is 6.48. The first-order chi connectivity index (χ1) is 9.20. The second-order valence-electron chi connectivity index (χ2n) is 5.14. The molecule has 0 spiro atoms. The van der Waals surface area contributed by atoms with Gasteiger partial charge in [0.05, 0.1) is 0 Å². The molecule has 98 valence electrons. The Kier molecular flexibility index (Phi) is 4.57. The summed E-state index contributed by atoms with van der Waals surface area (Å²) in [6.07, 6.45) is 4.66. The summed E-state index contributed by atoms with van der Waals surface area (Å²) >= 11 is 0. The molecule has 0 N–H and O–H groups in total. The van der Waals surface area contributed by atoms with E-state index in [1.165, 1.54) is 34.2 Å². The lowest BCUT2D eigenvalue weighted by molar-refractivity contribution is 0.960. The van der Waals surface area contributed by atoms with Crippen LogP contribution in [0.25, 0.3) is 5.57 Å². The third-order valence-electron chi connectivity index (χ3n) is 3.36. The van der Waals surface area contributed by atoms with Crippen LogP contribution in [-0.4, -0.2) is 0 Å². The zero-order valence-corrected chi connectivity index (χ0v) is 12.1. The second-order valence-corrected chi connectivity index (χ2v) is 5.14. The van der Waals surface area contributed by atoms with Crippen molar-refractivity contribution >= 4 is 5.57 Å². The Morgan fingerprint density at radius 1 is 0.789 bits per heavy atom. The highest BCUT2D eigenvalue weighted by Crippen LogP contribution is 2.25. The zero-order valence-electron chi connectivity index (χ0n) is 12.1. The number of unbranched alkanes of at least 4 members (excludes halogenated alkanes) is 1. The van der Waals surface area contributed by atoms with Crippen molar-refractivity contribution in [1.82, 2.24) is 0 Å². The SMILES string of the molecule is CCCC=C(c1ccc(C)cc1)c1ccc(C)cc1. The summed E-state index contributed by atoms with van der Waals surface area (Å²) in [5, 5.41) is 0. The minimum absolute atomic E-state index is 1.12. The molecular formula is C19H22. The fourth-order valence-corrected chi connectivity index (χ4v) is 2.16. The third-order valence-corrected chi connectivity index (χ3v) is 3.36. The van der Waals surface area contributed by atoms with Gasteiger partial charge in [-0.25, -0.2) is 0 Å². The van der Waals surface area contributed by atoms with E-state index in [1.54, 1.807) is 0 Å². The number of allylic oxidation sites excluding steroid dienone is 1. The van der Waals surface area contributed by atoms with Crippen LogP contribution in [0.4, 0.5) is 0 Å². The molecule has 0 saturated carbocycles. The number of rotatable bonds is 4. The molecule has 2 aromatic rings. The summed E-state index contributed by atoms with van der Waals surface area (Å²) in [4.78, 5) is 0. The monoisotopic (exact) mass is 250 g/mol. The van der Waals surface area contributed by atoms with Crippen LogP contribution in [0.1, 0.15) is 42.0 Å². The minimum atomic E-state index is 1.12. The van der Waals surface area contributed by atoms with Gasteiger partial charge in [0.1, 0.15) is 0 Å². The summed E-state index contributed by atoms with van der Waals surface area (Å²) in [5.74, 6) is 0. The molecule has 0 nitrogen and oxygen atoms in total. The van der Waals surface area contributed by atoms with Gasteiger partial charge in [0.15, 0.2) is 0 Å². The maximum absolute atomic E-state index is 2.36. The molecule has 0 heteroatoms. The quantitative estimate of drug-likeness (QED) is 0.668. The largest absolute Gasteiger partial charge is 0.0761 e. The Balaban J connectivity index is 2.41. The first-order valence-corrected chi connectivity index (χ1v) is 7.05. The molecule has 0 aliphatic heterocycles. The topological polar surface area (TPSA) is 0 Å². The normalized spacial score (nSPS) is 10.3. The number of aryl methyl sites for hydroxylation is 2. The van der Waals surface area contributed by atoms with Crippen molar-refractivity contribution in [2.45, 2.75) is 33.6 Å². The van der Waals surface area contributed by atoms with E-state index in [9.17, 15) is 0 Å². The van der Waals surface area contributed by atoms with E-state index < -0.39 is 0 Å². The van der Waals surface area contributed by atoms with Crippen LogP contribution in [-0.2, 0) is 0 Å². The van der Waals surface area contributed by atoms with Crippen LogP contribution in [0.3, 0.4) is 0 Å². The van der Waals surface area contributed by atoms with Crippen molar-refractivity contribution in [1.29, 1.82) is 0 Å². The standard InChI is InChI=1S/C19H22/c1-4-5-6-19(17-11-7-15(2)8-12-17)18-13-9-16(3)10-14-18/h6-14H,4-5H2,1-3H3. The number of benzene rings is 2. The molecule has 0 radical (unpaired) electrons. The summed E-state index contributed by atoms with van der Waals surface area (Å²) in [7, 11) is 0. The first kappa shape index (κ1) is 13.6. The molecule has 0 amide bonds. The van der Waals surface area contributed by atoms with Crippen molar-refractivity contribution in [3.05, 3.63) is 76.9 Å². The molecule has 0 bridgehead atoms. The Morgan fingerprint density at radius 3 is 1.58 bits per heavy atom. The van der Waals surface area contributed by atoms with E-state index in [4.69, 9.17) is 0 Å². The summed E-state index contributed by atoms with van der Waals surface area (Å²) in [6, 6.07) is 17.6. The molecule has 2 rings (SSSR count). The molecule has 2 aromatic carbocycles. The van der Waals surface area contributed by atoms with Gasteiger partial charge in [-0.1, -0.05) is 79.1 Å². The molecule has 0 atom stereocenters. The van der Waals surface area contributed by atoms with Gasteiger partial charge >= 0.3 is 0 Å². The Labute approximate surface area is 116 Å². The fourth-order valence-electron chi connectivity index (χ4n) is 2.16. The predicted molar refractivity (Wildman–Crippen MR) is 84.3 cm³/mol. The van der Waals surface area contributed by atoms with Gasteiger partial charge < -0.3 is 0 Å². The van der Waals surface area contributed by atoms with Crippen LogP contribution in [0, 0.1) is 13.8 Å². The van der Waals surface area contributed by atoms with Gasteiger partial charge in [0.2, 0.25) is 0 Å². The fraction of sp³-hybridized carbons (Fsp3) is 0.263. The molecule has 0 saturated heterocycles. The highest BCUT2D eigenvalue weighted by Gasteiger charge is 2.04. The molecule has 0 heterocycles. The van der Waals surface area contributed by atoms with Gasteiger partial charge in [-0.15, -0.1) is 0 Å². The molecular weight excluding hydrogens is 228 g/mol. The van der Waals surface area contributed by atoms with E-state index in [0.29, 0.717) is 0 Å². The molecule has 0 aliphatic rings. The zero-order chi connectivity index (χ0) is 13.7. The minimum Gasteiger partial charge on any atom is -0.0761 e. The number of hydrogen-bond acceptors (Lipinski definition) is 0. The van der Waals surface area contributed by atoms with E-state index in [-0.39, 0.29) is 0 Å². The van der Waals surface area contributed by atoms with Gasteiger partial charge in [0.25, 0.3) is 0 Å². The average molecular weight is 250 g/mol. The maximum atomic E-state index is 2.36. The van der Waals surface area contributed by atoms with Gasteiger partial charge in [-0.05, 0) is 37.0 Å². The second kappa shape index (κ2) is 6.38. The summed E-state index contributed by atoms with van der Waals surface area (Å²) < 4.78 is 0. The van der Waals surface area contributed by atoms with E-state index in [2.05, 4.69) is 75.4 Å². The van der Waals surface area contributed by atoms with Crippen LogP contribution in [0.15, 0.2) is 54.6 Å². The van der Waals surface area contributed by atoms with Crippen molar-refractivity contribution in [2.24, 2.45) is 0 Å². The van der Waals surface area contributed by atoms with Crippen LogP contribution in [0.5, 0.6) is 0 Å². The van der Waals surface area contributed by atoms with E-state index in [1.807, 2.05) is 0 Å². The molecule has 0 aliphatic carbocycles. The highest BCUT2D eigenvalue weighted by molar-refractivity contribution is 5.79. The lowest BCUT2D eigenvalue weighted by Crippen LogP contribution is -1.89. The van der Waals surface area contributed by atoms with Crippen LogP contribution < -0.4 is 0 Å². The van der Waals surface area contributed by atoms with Gasteiger partial charge in [-0.2, -0.15) is 0 Å². The third kappa shape index (κ3) is 3.57. The smallest absolute Gasteiger partial charge is 0.0151 e. The Hall–Kier alpha value is -1.82. The lowest BCUT2D eigenvalue weighted by atomic mass is 9.95. The van der Waals surface area contributed by atoms with Gasteiger partial charge in [-0.3, -0.25) is 0 Å². The molecule has 0 unspecified atom stereocenters. The van der Waals surface area contributed by atoms with Crippen molar-refractivity contribution in [2.75, 3.05) is 0 Å². The lowest BCUT2D eigenvalue weighted by Gasteiger charge is -2.09. The highest BCUT2D eigenvalue weighted by atomic mass is 14.1. The van der Waals surface area contributed by atoms with Crippen molar-refractivity contribution in [3.8, 4) is 0 Å². The van der Waals surface area contributed by atoms with E-state index >= 15 is 0 Å². The number of hydrogen-bond donors (Lipinski definition) is 0. The Morgan fingerprint density at radius 2 is 1.21 bits per heavy atom. The molecule has 0 fully saturated rings. The Bertz CT molecular complexity index is 494. The van der Waals surface area contributed by atoms with Crippen LogP contribution >= 0.6 is 0 Å². The molecule has 0 aromatic heterocycles. The first-order valence-electron chi connectivity index (χ1n) is 7.05. The van der Waals surface area contributed by atoms with Crippen LogP contribution in [0.2, 0.25) is 0 Å². The van der Waals surface area contributed by atoms with Gasteiger partial charge in [0, 0.05) is 0 Å². The van der Waals surface area contributed by atoms with Crippen molar-refractivity contribution < 1.29 is 0 Å². The van der Waals surface area contributed by atoms with Crippen molar-refractivity contribution in [3.63, 3.8) is 0 Å². The predicted octanol–water partition coefficient (Wildman–Crippen LogP) is 5.54. The molecule has 19 heavy (non-hydrogen) atoms.